The molecule has 8 rings (SSSR count). The summed E-state index contributed by atoms with van der Waals surface area (Å²) in [6, 6.07) is 18.2. The monoisotopic (exact) mass is 889 g/mol. The average Bonchev–Trinajstić information content (AvgIpc) is 3.23. The lowest BCUT2D eigenvalue weighted by atomic mass is 10.00. The zero-order chi connectivity index (χ0) is 43.9. The summed E-state index contributed by atoms with van der Waals surface area (Å²) >= 11 is 0. The van der Waals surface area contributed by atoms with Gasteiger partial charge in [-0.3, -0.25) is 15.0 Å². The molecule has 2 saturated heterocycles. The van der Waals surface area contributed by atoms with Gasteiger partial charge in [-0.15, -0.1) is 0 Å². The quantitative estimate of drug-likeness (QED) is 0.103. The Labute approximate surface area is 350 Å². The molecule has 61 heavy (non-hydrogen) atoms. The third kappa shape index (κ3) is 8.95. The second kappa shape index (κ2) is 17.3. The first-order valence-corrected chi connectivity index (χ1v) is 22.3. The summed E-state index contributed by atoms with van der Waals surface area (Å²) in [5.41, 5.74) is 3.57. The molecule has 0 atom stereocenters. The van der Waals surface area contributed by atoms with Crippen molar-refractivity contribution in [3.63, 3.8) is 0 Å². The van der Waals surface area contributed by atoms with Crippen molar-refractivity contribution in [2.75, 3.05) is 42.7 Å². The molecule has 0 spiro atoms. The van der Waals surface area contributed by atoms with Crippen LogP contribution in [0.25, 0.3) is 0 Å². The third-order valence-corrected chi connectivity index (χ3v) is 15.2. The number of rotatable bonds is 7. The van der Waals surface area contributed by atoms with E-state index < -0.39 is 59.2 Å². The van der Waals surface area contributed by atoms with Gasteiger partial charge in [0.1, 0.15) is 19.2 Å². The van der Waals surface area contributed by atoms with Crippen LogP contribution in [0.5, 0.6) is 0 Å². The number of nitrogens with zero attached hydrogens (tertiary/aromatic N) is 5. The van der Waals surface area contributed by atoms with Crippen LogP contribution in [0.2, 0.25) is 0 Å². The van der Waals surface area contributed by atoms with E-state index in [0.29, 0.717) is 51.4 Å². The first-order chi connectivity index (χ1) is 28.9. The van der Waals surface area contributed by atoms with Crippen LogP contribution in [0.15, 0.2) is 88.7 Å². The Balaban J connectivity index is 0.000000189. The van der Waals surface area contributed by atoms with Crippen molar-refractivity contribution >= 4 is 43.2 Å². The topological polar surface area (TPSA) is 160 Å². The minimum absolute atomic E-state index is 0.0171. The lowest BCUT2D eigenvalue weighted by Crippen LogP contribution is -2.50. The van der Waals surface area contributed by atoms with E-state index in [1.54, 1.807) is 0 Å². The molecule has 0 saturated carbocycles. The van der Waals surface area contributed by atoms with Crippen LogP contribution in [-0.2, 0) is 48.9 Å². The van der Waals surface area contributed by atoms with Gasteiger partial charge in [-0.25, -0.2) is 26.0 Å². The van der Waals surface area contributed by atoms with Crippen LogP contribution < -0.4 is 9.80 Å². The maximum absolute atomic E-state index is 13.4. The summed E-state index contributed by atoms with van der Waals surface area (Å²) in [4.78, 5) is 25.8. The number of nitro groups is 1. The van der Waals surface area contributed by atoms with Gasteiger partial charge in [-0.05, 0) is 81.0 Å². The Morgan fingerprint density at radius 1 is 0.738 bits per heavy atom. The molecule has 326 valence electrons. The summed E-state index contributed by atoms with van der Waals surface area (Å²) in [6.45, 7) is 5.92. The number of fused-ring (bicyclic) bond motifs is 2. The zero-order valence-corrected chi connectivity index (χ0v) is 34.8. The minimum atomic E-state index is -4.86. The number of piperidine rings is 2. The van der Waals surface area contributed by atoms with Crippen molar-refractivity contribution in [2.24, 2.45) is 0 Å². The van der Waals surface area contributed by atoms with E-state index in [1.165, 1.54) is 44.2 Å². The van der Waals surface area contributed by atoms with Gasteiger partial charge in [0.25, 0.3) is 5.69 Å². The molecule has 0 bridgehead atoms. The number of aryl methyl sites for hydroxylation is 2. The lowest BCUT2D eigenvalue weighted by molar-refractivity contribution is -0.388. The van der Waals surface area contributed by atoms with Crippen molar-refractivity contribution in [1.29, 1.82) is 0 Å². The van der Waals surface area contributed by atoms with Gasteiger partial charge in [0.2, 0.25) is 20.0 Å². The SMILES string of the molecule is Cc1cccc2c1N(C1CCN(S(=O)(=O)c3ccc(C(F)(F)F)cc3[N+](=O)[O-])CC1)C(=O)OC2.Cc1cccc2c1N(C1CCN(S(=O)(=O)c3cccc(F)c3)CC1)COC2. The largest absolute Gasteiger partial charge is 0.444 e. The van der Waals surface area contributed by atoms with E-state index in [1.807, 2.05) is 31.2 Å². The van der Waals surface area contributed by atoms with Crippen LogP contribution in [-0.4, -0.2) is 81.5 Å². The van der Waals surface area contributed by atoms with Gasteiger partial charge in [-0.2, -0.15) is 21.8 Å². The van der Waals surface area contributed by atoms with E-state index in [4.69, 9.17) is 9.47 Å². The molecule has 2 fully saturated rings. The van der Waals surface area contributed by atoms with Gasteiger partial charge in [0.05, 0.1) is 27.7 Å². The van der Waals surface area contributed by atoms with Gasteiger partial charge in [-0.1, -0.05) is 42.5 Å². The molecule has 1 amide bonds. The highest BCUT2D eigenvalue weighted by Gasteiger charge is 2.41. The number of hydrogen-bond donors (Lipinski definition) is 0. The number of carbonyl (C=O) groups excluding carboxylic acids is 1. The van der Waals surface area contributed by atoms with Crippen molar-refractivity contribution in [1.82, 2.24) is 8.61 Å². The summed E-state index contributed by atoms with van der Waals surface area (Å²) < 4.78 is 118. The van der Waals surface area contributed by atoms with E-state index in [-0.39, 0.29) is 55.6 Å². The predicted octanol–water partition coefficient (Wildman–Crippen LogP) is 7.51. The van der Waals surface area contributed by atoms with E-state index in [9.17, 15) is 49.3 Å². The molecule has 4 aromatic carbocycles. The molecule has 4 aliphatic heterocycles. The highest BCUT2D eigenvalue weighted by atomic mass is 32.2. The molecule has 20 heteroatoms. The van der Waals surface area contributed by atoms with Gasteiger partial charge in [0.15, 0.2) is 4.90 Å². The smallest absolute Gasteiger partial charge is 0.416 e. The number of benzene rings is 4. The van der Waals surface area contributed by atoms with Crippen molar-refractivity contribution in [3.8, 4) is 0 Å². The maximum atomic E-state index is 13.4. The van der Waals surface area contributed by atoms with Gasteiger partial charge < -0.3 is 14.4 Å². The van der Waals surface area contributed by atoms with E-state index in [2.05, 4.69) is 24.0 Å². The normalized spacial score (nSPS) is 18.4. The van der Waals surface area contributed by atoms with E-state index >= 15 is 0 Å². The molecule has 0 unspecified atom stereocenters. The number of alkyl halides is 3. The predicted molar refractivity (Wildman–Crippen MR) is 215 cm³/mol. The van der Waals surface area contributed by atoms with Crippen LogP contribution >= 0.6 is 0 Å². The highest BCUT2D eigenvalue weighted by Crippen LogP contribution is 2.39. The van der Waals surface area contributed by atoms with Crippen molar-refractivity contribution < 1.29 is 53.6 Å². The number of para-hydroxylation sites is 2. The fourth-order valence-corrected chi connectivity index (χ4v) is 11.5. The summed E-state index contributed by atoms with van der Waals surface area (Å²) in [5, 5.41) is 11.4. The fraction of sp³-hybridized carbons (Fsp3) is 0.390. The minimum Gasteiger partial charge on any atom is -0.444 e. The number of cyclic esters (lactones) is 1. The second-order valence-corrected chi connectivity index (χ2v) is 19.0. The van der Waals surface area contributed by atoms with Crippen molar-refractivity contribution in [2.45, 2.75) is 80.8 Å². The zero-order valence-electron chi connectivity index (χ0n) is 33.2. The molecule has 4 aromatic rings. The number of halogens is 4. The maximum Gasteiger partial charge on any atom is 0.416 e. The Bertz CT molecular complexity index is 2540. The van der Waals surface area contributed by atoms with E-state index in [0.717, 1.165) is 27.2 Å². The standard InChI is InChI=1S/C21H20F3N3O6S.C20H23FN2O3S/c1-13-3-2-4-14-12-33-20(28)26(19(13)14)16-7-9-25(10-8-16)34(31,32)18-6-5-15(21(22,23)24)11-17(18)27(29)30;1-15-4-2-5-16-13-26-14-23(20(15)16)18-8-10-22(11-9-18)27(24,25)19-7-3-6-17(21)12-19/h2-6,11,16H,7-10,12H2,1H3;2-7,12,18H,8-11,13-14H2,1H3. The van der Waals surface area contributed by atoms with Crippen LogP contribution in [0.4, 0.5) is 39.4 Å². The highest BCUT2D eigenvalue weighted by molar-refractivity contribution is 7.89. The molecule has 0 aliphatic carbocycles. The Morgan fingerprint density at radius 3 is 1.92 bits per heavy atom. The first-order valence-electron chi connectivity index (χ1n) is 19.5. The van der Waals surface area contributed by atoms with Crippen LogP contribution in [0.3, 0.4) is 0 Å². The molecular formula is C41H43F4N5O9S2. The number of hydrogen-bond acceptors (Lipinski definition) is 10. The number of ether oxygens (including phenoxy) is 2. The molecule has 14 nitrogen and oxygen atoms in total. The third-order valence-electron chi connectivity index (χ3n) is 11.4. The number of carbonyl (C=O) groups is 1. The summed E-state index contributed by atoms with van der Waals surface area (Å²) in [5.74, 6) is -0.538. The average molecular weight is 890 g/mol. The summed E-state index contributed by atoms with van der Waals surface area (Å²) in [6.07, 6.45) is -3.53. The molecular weight excluding hydrogens is 847 g/mol. The Hall–Kier alpha value is -5.15. The molecule has 4 aliphatic rings. The van der Waals surface area contributed by atoms with Crippen molar-refractivity contribution in [3.05, 3.63) is 123 Å². The number of nitro benzene ring substituents is 1. The fourth-order valence-electron chi connectivity index (χ4n) is 8.37. The number of anilines is 2. The second-order valence-electron chi connectivity index (χ2n) is 15.2. The Kier molecular flexibility index (Phi) is 12.5. The van der Waals surface area contributed by atoms with Crippen LogP contribution in [0, 0.1) is 29.8 Å². The molecule has 4 heterocycles. The van der Waals surface area contributed by atoms with Gasteiger partial charge in [0, 0.05) is 61.1 Å². The number of amides is 1. The molecule has 0 aromatic heterocycles. The first kappa shape index (κ1) is 43.9. The molecule has 0 N–H and O–H groups in total. The lowest BCUT2D eigenvalue weighted by Gasteiger charge is -2.42. The molecule has 0 radical (unpaired) electrons. The number of sulfonamides is 2. The van der Waals surface area contributed by atoms with Crippen LogP contribution in [0.1, 0.15) is 53.5 Å². The van der Waals surface area contributed by atoms with Gasteiger partial charge >= 0.3 is 12.3 Å². The Morgan fingerprint density at radius 2 is 1.31 bits per heavy atom. The summed E-state index contributed by atoms with van der Waals surface area (Å²) in [7, 11) is -8.11.